The van der Waals surface area contributed by atoms with Gasteiger partial charge in [0, 0.05) is 0 Å². The molecule has 146 valence electrons. The van der Waals surface area contributed by atoms with Crippen LogP contribution in [-0.4, -0.2) is 0 Å². The summed E-state index contributed by atoms with van der Waals surface area (Å²) in [5.41, 5.74) is -2.66. The van der Waals surface area contributed by atoms with Crippen molar-refractivity contribution in [3.05, 3.63) is 83.2 Å². The third-order valence-electron chi connectivity index (χ3n) is 4.42. The molecule has 0 bridgehead atoms. The van der Waals surface area contributed by atoms with Gasteiger partial charge >= 0.3 is 12.4 Å². The quantitative estimate of drug-likeness (QED) is 0.392. The minimum atomic E-state index is -4.70. The van der Waals surface area contributed by atoms with Crippen LogP contribution in [0.3, 0.4) is 0 Å². The van der Waals surface area contributed by atoms with Crippen LogP contribution in [0, 0.1) is 12.7 Å². The molecule has 0 fully saturated rings. The van der Waals surface area contributed by atoms with Crippen molar-refractivity contribution in [1.82, 2.24) is 0 Å². The van der Waals surface area contributed by atoms with Crippen molar-refractivity contribution < 1.29 is 30.7 Å². The fourth-order valence-corrected chi connectivity index (χ4v) is 3.17. The van der Waals surface area contributed by atoms with Gasteiger partial charge in [-0.25, -0.2) is 4.39 Å². The van der Waals surface area contributed by atoms with E-state index < -0.39 is 29.3 Å². The van der Waals surface area contributed by atoms with E-state index >= 15 is 0 Å². The molecule has 0 aliphatic carbocycles. The number of benzene rings is 3. The van der Waals surface area contributed by atoms with Crippen molar-refractivity contribution in [2.24, 2.45) is 0 Å². The molecule has 0 atom stereocenters. The molecule has 0 saturated heterocycles. The number of halogens is 7. The smallest absolute Gasteiger partial charge is 0.207 e. The Balaban J connectivity index is 2.31. The Morgan fingerprint density at radius 1 is 0.571 bits per heavy atom. The van der Waals surface area contributed by atoms with Crippen molar-refractivity contribution in [1.29, 1.82) is 0 Å². The molecule has 3 aromatic carbocycles. The van der Waals surface area contributed by atoms with E-state index in [2.05, 4.69) is 0 Å². The first kappa shape index (κ1) is 19.9. The largest absolute Gasteiger partial charge is 0.417 e. The Morgan fingerprint density at radius 3 is 1.29 bits per heavy atom. The van der Waals surface area contributed by atoms with Crippen LogP contribution in [0.2, 0.25) is 0 Å². The summed E-state index contributed by atoms with van der Waals surface area (Å²) in [4.78, 5) is 0. The zero-order valence-electron chi connectivity index (χ0n) is 14.4. The van der Waals surface area contributed by atoms with Crippen LogP contribution < -0.4 is 0 Å². The molecule has 7 heteroatoms. The summed E-state index contributed by atoms with van der Waals surface area (Å²) in [5.74, 6) is -0.926. The van der Waals surface area contributed by atoms with Gasteiger partial charge in [0.2, 0.25) is 0 Å². The third-order valence-corrected chi connectivity index (χ3v) is 4.42. The molecule has 28 heavy (non-hydrogen) atoms. The van der Waals surface area contributed by atoms with E-state index in [-0.39, 0.29) is 27.8 Å². The van der Waals surface area contributed by atoms with Crippen LogP contribution in [-0.2, 0) is 12.4 Å². The van der Waals surface area contributed by atoms with Gasteiger partial charge in [-0.05, 0) is 59.0 Å². The van der Waals surface area contributed by atoms with Crippen molar-refractivity contribution in [2.45, 2.75) is 19.3 Å². The molecule has 3 rings (SSSR count). The number of hydrogen-bond donors (Lipinski definition) is 0. The molecule has 0 aromatic heterocycles. The van der Waals surface area contributed by atoms with Gasteiger partial charge in [-0.1, -0.05) is 36.4 Å². The molecular weight excluding hydrogens is 385 g/mol. The van der Waals surface area contributed by atoms with Gasteiger partial charge in [-0.15, -0.1) is 0 Å². The minimum Gasteiger partial charge on any atom is -0.207 e. The lowest BCUT2D eigenvalue weighted by Crippen LogP contribution is -2.09. The van der Waals surface area contributed by atoms with E-state index in [1.54, 1.807) is 0 Å². The third kappa shape index (κ3) is 3.74. The molecule has 0 amide bonds. The van der Waals surface area contributed by atoms with Gasteiger partial charge in [-0.3, -0.25) is 0 Å². The van der Waals surface area contributed by atoms with Gasteiger partial charge in [-0.2, -0.15) is 26.3 Å². The summed E-state index contributed by atoms with van der Waals surface area (Å²) in [6.07, 6.45) is -9.39. The van der Waals surface area contributed by atoms with E-state index in [4.69, 9.17) is 0 Å². The lowest BCUT2D eigenvalue weighted by atomic mass is 9.88. The fraction of sp³-hybridized carbons (Fsp3) is 0.143. The lowest BCUT2D eigenvalue weighted by molar-refractivity contribution is -0.137. The van der Waals surface area contributed by atoms with Gasteiger partial charge < -0.3 is 0 Å². The predicted octanol–water partition coefficient (Wildman–Crippen LogP) is 7.51. The summed E-state index contributed by atoms with van der Waals surface area (Å²) < 4.78 is 94.5. The van der Waals surface area contributed by atoms with Crippen LogP contribution in [0.15, 0.2) is 60.7 Å². The number of hydrogen-bond acceptors (Lipinski definition) is 0. The normalized spacial score (nSPS) is 12.3. The van der Waals surface area contributed by atoms with Crippen LogP contribution in [0.1, 0.15) is 16.7 Å². The summed E-state index contributed by atoms with van der Waals surface area (Å²) >= 11 is 0. The lowest BCUT2D eigenvalue weighted by Gasteiger charge is -2.19. The zero-order chi connectivity index (χ0) is 20.7. The second-order valence-electron chi connectivity index (χ2n) is 6.21. The summed E-state index contributed by atoms with van der Waals surface area (Å²) in [6, 6.07) is 11.0. The Bertz CT molecular complexity index is 935. The molecule has 0 nitrogen and oxygen atoms in total. The second kappa shape index (κ2) is 6.96. The highest BCUT2D eigenvalue weighted by Crippen LogP contribution is 2.43. The first-order chi connectivity index (χ1) is 13.0. The van der Waals surface area contributed by atoms with E-state index in [1.807, 2.05) is 0 Å². The number of rotatable bonds is 2. The average Bonchev–Trinajstić information content (AvgIpc) is 2.62. The molecular formula is C21H13F7. The molecule has 0 spiro atoms. The maximum absolute atomic E-state index is 14.3. The van der Waals surface area contributed by atoms with Gasteiger partial charge in [0.15, 0.2) is 0 Å². The Labute approximate surface area is 156 Å². The van der Waals surface area contributed by atoms with Gasteiger partial charge in [0.05, 0.1) is 11.1 Å². The molecule has 0 N–H and O–H groups in total. The monoisotopic (exact) mass is 398 g/mol. The van der Waals surface area contributed by atoms with Crippen LogP contribution >= 0.6 is 0 Å². The highest BCUT2D eigenvalue weighted by Gasteiger charge is 2.35. The molecule has 0 aliphatic heterocycles. The van der Waals surface area contributed by atoms with Crippen LogP contribution in [0.5, 0.6) is 0 Å². The standard InChI is InChI=1S/C21H13F7/c1-12-16(14-6-2-4-8-18(14)20(23,24)25)10-13(22)11-17(12)15-7-3-5-9-19(15)21(26,27)28/h2-11H,1H3. The van der Waals surface area contributed by atoms with E-state index in [0.29, 0.717) is 0 Å². The molecule has 0 unspecified atom stereocenters. The topological polar surface area (TPSA) is 0 Å². The number of alkyl halides is 6. The first-order valence-corrected chi connectivity index (χ1v) is 8.13. The molecule has 0 heterocycles. The molecule has 0 saturated carbocycles. The van der Waals surface area contributed by atoms with Gasteiger partial charge in [0.25, 0.3) is 0 Å². The summed E-state index contributed by atoms with van der Waals surface area (Å²) in [6.45, 7) is 1.38. The van der Waals surface area contributed by atoms with Gasteiger partial charge in [0.1, 0.15) is 5.82 Å². The predicted molar refractivity (Wildman–Crippen MR) is 92.0 cm³/mol. The maximum Gasteiger partial charge on any atom is 0.417 e. The van der Waals surface area contributed by atoms with Crippen LogP contribution in [0.4, 0.5) is 30.7 Å². The maximum atomic E-state index is 14.3. The minimum absolute atomic E-state index is 0.111. The average molecular weight is 398 g/mol. The highest BCUT2D eigenvalue weighted by atomic mass is 19.4. The van der Waals surface area contributed by atoms with E-state index in [9.17, 15) is 30.7 Å². The molecule has 3 aromatic rings. The first-order valence-electron chi connectivity index (χ1n) is 8.13. The Morgan fingerprint density at radius 2 is 0.929 bits per heavy atom. The Hall–Kier alpha value is -2.83. The van der Waals surface area contributed by atoms with E-state index in [0.717, 1.165) is 24.3 Å². The molecule has 0 radical (unpaired) electrons. The summed E-state index contributed by atoms with van der Waals surface area (Å²) in [7, 11) is 0. The molecule has 0 aliphatic rings. The van der Waals surface area contributed by atoms with Crippen molar-refractivity contribution in [2.75, 3.05) is 0 Å². The van der Waals surface area contributed by atoms with Crippen molar-refractivity contribution >= 4 is 0 Å². The summed E-state index contributed by atoms with van der Waals surface area (Å²) in [5, 5.41) is 0. The van der Waals surface area contributed by atoms with E-state index in [1.165, 1.54) is 43.3 Å². The SMILES string of the molecule is Cc1c(-c2ccccc2C(F)(F)F)cc(F)cc1-c1ccccc1C(F)(F)F. The zero-order valence-corrected chi connectivity index (χ0v) is 14.4. The van der Waals surface area contributed by atoms with Crippen LogP contribution in [0.25, 0.3) is 22.3 Å². The second-order valence-corrected chi connectivity index (χ2v) is 6.21. The van der Waals surface area contributed by atoms with Crippen molar-refractivity contribution in [3.8, 4) is 22.3 Å². The Kier molecular flexibility index (Phi) is 4.95. The highest BCUT2D eigenvalue weighted by molar-refractivity contribution is 5.81. The van der Waals surface area contributed by atoms with Crippen molar-refractivity contribution in [3.63, 3.8) is 0 Å². The fourth-order valence-electron chi connectivity index (χ4n) is 3.17.